The van der Waals surface area contributed by atoms with Crippen LogP contribution in [0, 0.1) is 0 Å². The Morgan fingerprint density at radius 1 is 1.24 bits per heavy atom. The fourth-order valence-electron chi connectivity index (χ4n) is 1.55. The molecule has 2 rings (SSSR count). The molecule has 0 saturated heterocycles. The third-order valence-corrected chi connectivity index (χ3v) is 3.55. The van der Waals surface area contributed by atoms with Gasteiger partial charge in [0.15, 0.2) is 0 Å². The second kappa shape index (κ2) is 10.3. The van der Waals surface area contributed by atoms with Gasteiger partial charge in [-0.3, -0.25) is 0 Å². The van der Waals surface area contributed by atoms with Gasteiger partial charge in [0.05, 0.1) is 5.71 Å². The molecule has 114 valence electrons. The smallest absolute Gasteiger partial charge is 0.237 e. The lowest BCUT2D eigenvalue weighted by molar-refractivity contribution is 1.21. The molecule has 0 unspecified atom stereocenters. The van der Waals surface area contributed by atoms with Crippen LogP contribution in [0.25, 0.3) is 0 Å². The summed E-state index contributed by atoms with van der Waals surface area (Å²) in [7, 11) is 0. The molecule has 1 aromatic carbocycles. The van der Waals surface area contributed by atoms with Crippen LogP contribution in [0.1, 0.15) is 12.0 Å². The van der Waals surface area contributed by atoms with E-state index in [1.807, 2.05) is 24.3 Å². The van der Waals surface area contributed by atoms with Gasteiger partial charge in [-0.15, -0.1) is 29.9 Å². The van der Waals surface area contributed by atoms with Gasteiger partial charge in [-0.05, 0) is 5.56 Å². The van der Waals surface area contributed by atoms with Crippen LogP contribution in [0.15, 0.2) is 57.7 Å². The highest BCUT2D eigenvalue weighted by Gasteiger charge is 2.12. The largest absolute Gasteiger partial charge is 0.367 e. The molecule has 0 atom stereocenters. The van der Waals surface area contributed by atoms with Crippen LogP contribution in [0.3, 0.4) is 0 Å². The lowest BCUT2D eigenvalue weighted by Gasteiger charge is -2.10. The minimum atomic E-state index is 0. The first-order chi connectivity index (χ1) is 9.29. The van der Waals surface area contributed by atoms with Crippen molar-refractivity contribution in [2.24, 2.45) is 26.7 Å². The fourth-order valence-corrected chi connectivity index (χ4v) is 2.48. The maximum atomic E-state index is 5.52. The molecule has 0 bridgehead atoms. The lowest BCUT2D eigenvalue weighted by Crippen LogP contribution is -2.19. The molecule has 1 aliphatic heterocycles. The lowest BCUT2D eigenvalue weighted by atomic mass is 10.2. The maximum Gasteiger partial charge on any atom is 0.237 e. The number of hydrazone groups is 1. The maximum absolute atomic E-state index is 5.52. The van der Waals surface area contributed by atoms with E-state index in [9.17, 15) is 0 Å². The quantitative estimate of drug-likeness (QED) is 0.373. The monoisotopic (exact) mass is 345 g/mol. The topological polar surface area (TPSA) is 89.1 Å². The zero-order valence-electron chi connectivity index (χ0n) is 11.2. The van der Waals surface area contributed by atoms with Gasteiger partial charge in [0.25, 0.3) is 0 Å². The summed E-state index contributed by atoms with van der Waals surface area (Å²) in [5, 5.41) is 4.21. The van der Waals surface area contributed by atoms with Gasteiger partial charge in [-0.1, -0.05) is 48.2 Å². The Balaban J connectivity index is 0.00000200. The molecule has 0 fully saturated rings. The van der Waals surface area contributed by atoms with Gasteiger partial charge in [0.2, 0.25) is 5.96 Å². The molecule has 0 radical (unpaired) electrons. The number of hydrogen-bond donors (Lipinski definition) is 2. The van der Waals surface area contributed by atoms with Crippen LogP contribution in [0.5, 0.6) is 0 Å². The van der Waals surface area contributed by atoms with Crippen molar-refractivity contribution >= 4 is 53.3 Å². The molecule has 0 aromatic heterocycles. The Morgan fingerprint density at radius 2 is 1.95 bits per heavy atom. The molecule has 0 spiro atoms. The molecule has 21 heavy (non-hydrogen) atoms. The average molecular weight is 346 g/mol. The van der Waals surface area contributed by atoms with Crippen LogP contribution in [0.4, 0.5) is 0 Å². The van der Waals surface area contributed by atoms with Crippen LogP contribution >= 0.6 is 36.6 Å². The number of allylic oxidation sites excluding steroid dienone is 1. The van der Waals surface area contributed by atoms with E-state index in [4.69, 9.17) is 11.6 Å². The number of nitrogens with two attached hydrogens (primary N) is 2. The van der Waals surface area contributed by atoms with Crippen molar-refractivity contribution in [3.05, 3.63) is 48.2 Å². The van der Waals surface area contributed by atoms with Crippen molar-refractivity contribution in [2.45, 2.75) is 12.2 Å². The Bertz CT molecular complexity index is 555. The van der Waals surface area contributed by atoms with E-state index in [1.54, 1.807) is 18.0 Å². The molecule has 1 aromatic rings. The predicted octanol–water partition coefficient (Wildman–Crippen LogP) is 2.71. The summed E-state index contributed by atoms with van der Waals surface area (Å²) in [6, 6.07) is 10.2. The van der Waals surface area contributed by atoms with E-state index in [2.05, 4.69) is 27.2 Å². The van der Waals surface area contributed by atoms with Gasteiger partial charge in [-0.25, -0.2) is 9.98 Å². The van der Waals surface area contributed by atoms with Crippen LogP contribution < -0.4 is 11.6 Å². The number of guanidine groups is 1. The standard InChI is InChI=1S/C13H15N5S.2ClH/c14-13(18-15)17-11-7-4-8-16-12(11)19-9-10-5-2-1-3-6-10;;/h1-6,8H,7,9,15H2,(H2,14,18);2*1H. The molecule has 0 amide bonds. The Kier molecular flexibility index (Phi) is 9.53. The van der Waals surface area contributed by atoms with Gasteiger partial charge < -0.3 is 11.6 Å². The molecule has 1 heterocycles. The summed E-state index contributed by atoms with van der Waals surface area (Å²) >= 11 is 1.63. The molecule has 0 saturated carbocycles. The van der Waals surface area contributed by atoms with E-state index in [0.717, 1.165) is 16.5 Å². The summed E-state index contributed by atoms with van der Waals surface area (Å²) in [4.78, 5) is 8.49. The van der Waals surface area contributed by atoms with Gasteiger partial charge in [0.1, 0.15) is 5.04 Å². The average Bonchev–Trinajstić information content (AvgIpc) is 2.47. The summed E-state index contributed by atoms with van der Waals surface area (Å²) in [6.45, 7) is 0. The van der Waals surface area contributed by atoms with Gasteiger partial charge >= 0.3 is 0 Å². The molecule has 0 aliphatic carbocycles. The summed E-state index contributed by atoms with van der Waals surface area (Å²) in [5.41, 5.74) is 7.56. The van der Waals surface area contributed by atoms with Crippen molar-refractivity contribution in [3.63, 3.8) is 0 Å². The number of rotatable bonds is 2. The highest BCUT2D eigenvalue weighted by atomic mass is 35.5. The Hall–Kier alpha value is -1.50. The first kappa shape index (κ1) is 19.5. The summed E-state index contributed by atoms with van der Waals surface area (Å²) < 4.78 is 0. The first-order valence-electron chi connectivity index (χ1n) is 5.80. The van der Waals surface area contributed by atoms with Crippen LogP contribution in [-0.4, -0.2) is 16.7 Å². The number of aliphatic imine (C=N–C) groups is 2. The van der Waals surface area contributed by atoms with Crippen LogP contribution in [0.2, 0.25) is 0 Å². The molecule has 1 aliphatic rings. The third-order valence-electron chi connectivity index (χ3n) is 2.46. The molecule has 8 heteroatoms. The van der Waals surface area contributed by atoms with Crippen molar-refractivity contribution in [1.29, 1.82) is 0 Å². The second-order valence-electron chi connectivity index (χ2n) is 3.84. The van der Waals surface area contributed by atoms with Gasteiger partial charge in [0, 0.05) is 18.4 Å². The molecular weight excluding hydrogens is 329 g/mol. The molecular formula is C13H17Cl2N5S. The van der Waals surface area contributed by atoms with E-state index in [-0.39, 0.29) is 30.8 Å². The number of benzene rings is 1. The first-order valence-corrected chi connectivity index (χ1v) is 6.79. The van der Waals surface area contributed by atoms with Crippen LogP contribution in [-0.2, 0) is 5.75 Å². The van der Waals surface area contributed by atoms with E-state index < -0.39 is 0 Å². The zero-order chi connectivity index (χ0) is 13.5. The van der Waals surface area contributed by atoms with Crippen molar-refractivity contribution in [3.8, 4) is 0 Å². The van der Waals surface area contributed by atoms with E-state index in [0.29, 0.717) is 6.42 Å². The number of halogens is 2. The minimum Gasteiger partial charge on any atom is -0.367 e. The summed E-state index contributed by atoms with van der Waals surface area (Å²) in [5.74, 6) is 6.00. The molecule has 4 N–H and O–H groups in total. The minimum absolute atomic E-state index is 0. The van der Waals surface area contributed by atoms with E-state index >= 15 is 0 Å². The number of nitrogens with zero attached hydrogens (tertiary/aromatic N) is 3. The fraction of sp³-hybridized carbons (Fsp3) is 0.154. The summed E-state index contributed by atoms with van der Waals surface area (Å²) in [6.07, 6.45) is 4.40. The SMILES string of the molecule is Cl.Cl.NN=C(N)N=C1CC=CN=C1SCc1ccccc1. The Labute approximate surface area is 140 Å². The Morgan fingerprint density at radius 3 is 2.62 bits per heavy atom. The second-order valence-corrected chi connectivity index (χ2v) is 4.81. The van der Waals surface area contributed by atoms with Crippen molar-refractivity contribution in [2.75, 3.05) is 0 Å². The van der Waals surface area contributed by atoms with Gasteiger partial charge in [-0.2, -0.15) is 0 Å². The highest BCUT2D eigenvalue weighted by Crippen LogP contribution is 2.18. The number of hydrogen-bond acceptors (Lipinski definition) is 4. The zero-order valence-corrected chi connectivity index (χ0v) is 13.6. The van der Waals surface area contributed by atoms with E-state index in [1.165, 1.54) is 5.56 Å². The predicted molar refractivity (Wildman–Crippen MR) is 96.7 cm³/mol. The van der Waals surface area contributed by atoms with Crippen molar-refractivity contribution in [1.82, 2.24) is 0 Å². The highest BCUT2D eigenvalue weighted by molar-refractivity contribution is 8.15. The third kappa shape index (κ3) is 6.20. The van der Waals surface area contributed by atoms with Crippen molar-refractivity contribution < 1.29 is 0 Å². The molecule has 5 nitrogen and oxygen atoms in total. The number of thioether (sulfide) groups is 1. The normalized spacial score (nSPS) is 15.9.